The van der Waals surface area contributed by atoms with E-state index >= 15 is 0 Å². The lowest BCUT2D eigenvalue weighted by Gasteiger charge is -2.39. The molecule has 1 aliphatic rings. The van der Waals surface area contributed by atoms with Crippen molar-refractivity contribution < 1.29 is 5.11 Å². The molecule has 3 N–H and O–H groups in total. The number of nitrogens with two attached hydrogens (primary N) is 1. The molecule has 2 unspecified atom stereocenters. The van der Waals surface area contributed by atoms with Gasteiger partial charge in [-0.2, -0.15) is 0 Å². The molecular weight excluding hydrogens is 152 g/mol. The highest BCUT2D eigenvalue weighted by Crippen LogP contribution is 2.39. The Balaban J connectivity index is 2.94. The molecule has 1 saturated heterocycles. The second-order valence-corrected chi connectivity index (χ2v) is 4.46. The van der Waals surface area contributed by atoms with Gasteiger partial charge in [0.1, 0.15) is 0 Å². The summed E-state index contributed by atoms with van der Waals surface area (Å²) in [6.07, 6.45) is 0.771. The molecule has 1 heterocycles. The van der Waals surface area contributed by atoms with E-state index in [4.69, 9.17) is 5.73 Å². The molecular formula is C9H20N2O. The van der Waals surface area contributed by atoms with Crippen LogP contribution in [0, 0.1) is 0 Å². The minimum atomic E-state index is -0.721. The van der Waals surface area contributed by atoms with Crippen LogP contribution in [0.3, 0.4) is 0 Å². The van der Waals surface area contributed by atoms with Gasteiger partial charge in [-0.05, 0) is 34.2 Å². The van der Waals surface area contributed by atoms with Gasteiger partial charge < -0.3 is 10.8 Å². The third-order valence-electron chi connectivity index (χ3n) is 3.65. The highest BCUT2D eigenvalue weighted by atomic mass is 16.3. The molecule has 0 bridgehead atoms. The van der Waals surface area contributed by atoms with E-state index in [0.29, 0.717) is 12.6 Å². The fraction of sp³-hybridized carbons (Fsp3) is 1.00. The SMILES string of the molecule is CC1CC(O)(CN)C(C)(C)N1C. The van der Waals surface area contributed by atoms with Gasteiger partial charge in [0, 0.05) is 18.1 Å². The number of hydrogen-bond acceptors (Lipinski definition) is 3. The lowest BCUT2D eigenvalue weighted by atomic mass is 9.83. The molecule has 1 rings (SSSR count). The van der Waals surface area contributed by atoms with Gasteiger partial charge in [0.2, 0.25) is 0 Å². The molecule has 0 aromatic carbocycles. The van der Waals surface area contributed by atoms with Crippen LogP contribution in [-0.4, -0.2) is 40.8 Å². The Kier molecular flexibility index (Phi) is 2.23. The first-order valence-corrected chi connectivity index (χ1v) is 4.50. The lowest BCUT2D eigenvalue weighted by molar-refractivity contribution is -0.0308. The Morgan fingerprint density at radius 2 is 2.08 bits per heavy atom. The van der Waals surface area contributed by atoms with Crippen LogP contribution in [0.25, 0.3) is 0 Å². The van der Waals surface area contributed by atoms with Gasteiger partial charge in [-0.15, -0.1) is 0 Å². The molecule has 12 heavy (non-hydrogen) atoms. The van der Waals surface area contributed by atoms with Crippen LogP contribution in [0.1, 0.15) is 27.2 Å². The molecule has 1 aliphatic heterocycles. The quantitative estimate of drug-likeness (QED) is 0.593. The minimum absolute atomic E-state index is 0.207. The van der Waals surface area contributed by atoms with E-state index in [-0.39, 0.29) is 5.54 Å². The molecule has 0 aromatic heterocycles. The van der Waals surface area contributed by atoms with Crippen LogP contribution in [-0.2, 0) is 0 Å². The summed E-state index contributed by atoms with van der Waals surface area (Å²) in [5.74, 6) is 0. The maximum absolute atomic E-state index is 10.2. The van der Waals surface area contributed by atoms with Crippen molar-refractivity contribution in [2.24, 2.45) is 5.73 Å². The van der Waals surface area contributed by atoms with E-state index in [1.165, 1.54) is 0 Å². The molecule has 0 aliphatic carbocycles. The first kappa shape index (κ1) is 9.96. The number of likely N-dealkylation sites (N-methyl/N-ethyl adjacent to an activating group) is 1. The standard InChI is InChI=1S/C9H20N2O/c1-7-5-9(12,6-10)8(2,3)11(7)4/h7,12H,5-6,10H2,1-4H3. The van der Waals surface area contributed by atoms with E-state index in [0.717, 1.165) is 6.42 Å². The number of rotatable bonds is 1. The Morgan fingerprint density at radius 3 is 2.25 bits per heavy atom. The zero-order valence-corrected chi connectivity index (χ0v) is 8.46. The molecule has 0 aromatic rings. The van der Waals surface area contributed by atoms with Crippen molar-refractivity contribution in [3.8, 4) is 0 Å². The number of hydrogen-bond donors (Lipinski definition) is 2. The molecule has 72 valence electrons. The molecule has 2 atom stereocenters. The summed E-state index contributed by atoms with van der Waals surface area (Å²) in [6.45, 7) is 6.55. The van der Waals surface area contributed by atoms with Gasteiger partial charge in [0.15, 0.2) is 0 Å². The van der Waals surface area contributed by atoms with Crippen molar-refractivity contribution in [2.75, 3.05) is 13.6 Å². The molecule has 1 fully saturated rings. The van der Waals surface area contributed by atoms with E-state index in [1.54, 1.807) is 0 Å². The van der Waals surface area contributed by atoms with Crippen molar-refractivity contribution in [2.45, 2.75) is 44.4 Å². The molecule has 3 heteroatoms. The Morgan fingerprint density at radius 1 is 1.58 bits per heavy atom. The normalized spacial score (nSPS) is 42.0. The maximum Gasteiger partial charge on any atom is 0.0961 e. The van der Waals surface area contributed by atoms with Crippen molar-refractivity contribution in [1.29, 1.82) is 0 Å². The van der Waals surface area contributed by atoms with Gasteiger partial charge in [-0.1, -0.05) is 0 Å². The van der Waals surface area contributed by atoms with Crippen molar-refractivity contribution in [3.05, 3.63) is 0 Å². The number of nitrogens with zero attached hydrogens (tertiary/aromatic N) is 1. The van der Waals surface area contributed by atoms with Gasteiger partial charge in [-0.3, -0.25) is 4.90 Å². The van der Waals surface area contributed by atoms with Crippen molar-refractivity contribution in [3.63, 3.8) is 0 Å². The fourth-order valence-corrected chi connectivity index (χ4v) is 2.09. The van der Waals surface area contributed by atoms with Crippen LogP contribution in [0.5, 0.6) is 0 Å². The second-order valence-electron chi connectivity index (χ2n) is 4.46. The zero-order valence-electron chi connectivity index (χ0n) is 8.46. The maximum atomic E-state index is 10.2. The van der Waals surface area contributed by atoms with Gasteiger partial charge >= 0.3 is 0 Å². The number of likely N-dealkylation sites (tertiary alicyclic amines) is 1. The summed E-state index contributed by atoms with van der Waals surface area (Å²) >= 11 is 0. The largest absolute Gasteiger partial charge is 0.387 e. The molecule has 0 radical (unpaired) electrons. The van der Waals surface area contributed by atoms with Crippen LogP contribution < -0.4 is 5.73 Å². The third-order valence-corrected chi connectivity index (χ3v) is 3.65. The summed E-state index contributed by atoms with van der Waals surface area (Å²) in [4.78, 5) is 2.19. The van der Waals surface area contributed by atoms with Crippen molar-refractivity contribution >= 4 is 0 Å². The first-order chi connectivity index (χ1) is 5.35. The summed E-state index contributed by atoms with van der Waals surface area (Å²) in [7, 11) is 2.04. The smallest absolute Gasteiger partial charge is 0.0961 e. The van der Waals surface area contributed by atoms with Crippen LogP contribution in [0.2, 0.25) is 0 Å². The van der Waals surface area contributed by atoms with E-state index < -0.39 is 5.60 Å². The van der Waals surface area contributed by atoms with E-state index in [1.807, 2.05) is 20.9 Å². The van der Waals surface area contributed by atoms with Crippen LogP contribution >= 0.6 is 0 Å². The summed E-state index contributed by atoms with van der Waals surface area (Å²) in [6, 6.07) is 0.411. The average molecular weight is 172 g/mol. The van der Waals surface area contributed by atoms with E-state index in [2.05, 4.69) is 11.8 Å². The van der Waals surface area contributed by atoms with Crippen LogP contribution in [0.4, 0.5) is 0 Å². The van der Waals surface area contributed by atoms with Gasteiger partial charge in [0.05, 0.1) is 5.60 Å². The topological polar surface area (TPSA) is 49.5 Å². The molecule has 0 spiro atoms. The Hall–Kier alpha value is -0.120. The predicted molar refractivity (Wildman–Crippen MR) is 49.9 cm³/mol. The Bertz CT molecular complexity index is 179. The third kappa shape index (κ3) is 1.08. The first-order valence-electron chi connectivity index (χ1n) is 4.50. The Labute approximate surface area is 74.5 Å². The van der Waals surface area contributed by atoms with E-state index in [9.17, 15) is 5.11 Å². The number of aliphatic hydroxyl groups is 1. The van der Waals surface area contributed by atoms with Gasteiger partial charge in [-0.25, -0.2) is 0 Å². The zero-order chi connectivity index (χ0) is 9.57. The molecule has 0 amide bonds. The summed E-state index contributed by atoms with van der Waals surface area (Å²) in [5, 5.41) is 10.2. The van der Waals surface area contributed by atoms with Gasteiger partial charge in [0.25, 0.3) is 0 Å². The average Bonchev–Trinajstić information content (AvgIpc) is 2.14. The second kappa shape index (κ2) is 2.69. The lowest BCUT2D eigenvalue weighted by Crippen LogP contribution is -2.56. The highest BCUT2D eigenvalue weighted by Gasteiger charge is 2.53. The predicted octanol–water partition coefficient (Wildman–Crippen LogP) is 0.179. The highest BCUT2D eigenvalue weighted by molar-refractivity contribution is 5.09. The summed E-state index contributed by atoms with van der Waals surface area (Å²) in [5.41, 5.74) is 4.66. The van der Waals surface area contributed by atoms with Crippen LogP contribution in [0.15, 0.2) is 0 Å². The minimum Gasteiger partial charge on any atom is -0.387 e. The summed E-state index contributed by atoms with van der Waals surface area (Å²) < 4.78 is 0. The molecule has 0 saturated carbocycles. The van der Waals surface area contributed by atoms with Crippen molar-refractivity contribution in [1.82, 2.24) is 4.90 Å². The fourth-order valence-electron chi connectivity index (χ4n) is 2.09. The monoisotopic (exact) mass is 172 g/mol. The molecule has 3 nitrogen and oxygen atoms in total.